The molecule has 0 amide bonds. The van der Waals surface area contributed by atoms with Gasteiger partial charge in [-0.05, 0) is 24.3 Å². The predicted molar refractivity (Wildman–Crippen MR) is 56.6 cm³/mol. The number of pyridine rings is 1. The molecule has 0 bridgehead atoms. The van der Waals surface area contributed by atoms with Gasteiger partial charge in [-0.3, -0.25) is 4.98 Å². The third kappa shape index (κ3) is 2.29. The lowest BCUT2D eigenvalue weighted by Crippen LogP contribution is -2.15. The van der Waals surface area contributed by atoms with E-state index in [1.807, 2.05) is 0 Å². The molecule has 2 aromatic rings. The van der Waals surface area contributed by atoms with Gasteiger partial charge in [-0.25, -0.2) is 13.2 Å². The SMILES string of the molecule is NC(c1ccncc1F)c1cc(F)ccc1F. The lowest BCUT2D eigenvalue weighted by atomic mass is 9.99. The molecule has 0 spiro atoms. The molecule has 17 heavy (non-hydrogen) atoms. The second kappa shape index (κ2) is 4.55. The van der Waals surface area contributed by atoms with Gasteiger partial charge in [0.15, 0.2) is 0 Å². The highest BCUT2D eigenvalue weighted by molar-refractivity contribution is 5.32. The molecule has 2 nitrogen and oxygen atoms in total. The highest BCUT2D eigenvalue weighted by Gasteiger charge is 2.17. The van der Waals surface area contributed by atoms with E-state index in [9.17, 15) is 13.2 Å². The zero-order valence-electron chi connectivity index (χ0n) is 8.70. The Morgan fingerprint density at radius 1 is 1.00 bits per heavy atom. The first kappa shape index (κ1) is 11.6. The highest BCUT2D eigenvalue weighted by atomic mass is 19.1. The van der Waals surface area contributed by atoms with Crippen LogP contribution in [-0.4, -0.2) is 4.98 Å². The molecule has 0 aliphatic carbocycles. The molecule has 0 saturated heterocycles. The summed E-state index contributed by atoms with van der Waals surface area (Å²) in [5, 5.41) is 0. The average molecular weight is 238 g/mol. The Kier molecular flexibility index (Phi) is 3.10. The number of rotatable bonds is 2. The van der Waals surface area contributed by atoms with Crippen molar-refractivity contribution in [3.8, 4) is 0 Å². The van der Waals surface area contributed by atoms with Gasteiger partial charge in [-0.1, -0.05) is 0 Å². The first-order chi connectivity index (χ1) is 8.09. The van der Waals surface area contributed by atoms with Crippen LogP contribution in [0.2, 0.25) is 0 Å². The fourth-order valence-corrected chi connectivity index (χ4v) is 1.56. The number of aromatic nitrogens is 1. The Morgan fingerprint density at radius 2 is 1.76 bits per heavy atom. The van der Waals surface area contributed by atoms with Crippen molar-refractivity contribution in [3.05, 3.63) is 65.2 Å². The van der Waals surface area contributed by atoms with Gasteiger partial charge in [0.1, 0.15) is 17.5 Å². The fourth-order valence-electron chi connectivity index (χ4n) is 1.56. The maximum Gasteiger partial charge on any atom is 0.146 e. The Labute approximate surface area is 95.9 Å². The van der Waals surface area contributed by atoms with Gasteiger partial charge in [0, 0.05) is 17.3 Å². The average Bonchev–Trinajstić information content (AvgIpc) is 2.32. The van der Waals surface area contributed by atoms with E-state index in [2.05, 4.69) is 4.98 Å². The molecule has 2 rings (SSSR count). The van der Waals surface area contributed by atoms with Crippen LogP contribution < -0.4 is 5.73 Å². The number of hydrogen-bond donors (Lipinski definition) is 1. The number of halogens is 3. The van der Waals surface area contributed by atoms with Gasteiger partial charge in [0.05, 0.1) is 12.2 Å². The summed E-state index contributed by atoms with van der Waals surface area (Å²) in [6.45, 7) is 0. The van der Waals surface area contributed by atoms with Crippen LogP contribution in [0.1, 0.15) is 17.2 Å². The van der Waals surface area contributed by atoms with E-state index in [1.54, 1.807) is 0 Å². The van der Waals surface area contributed by atoms with Gasteiger partial charge in [0.2, 0.25) is 0 Å². The van der Waals surface area contributed by atoms with Crippen molar-refractivity contribution in [1.82, 2.24) is 4.98 Å². The Hall–Kier alpha value is -1.88. The van der Waals surface area contributed by atoms with Crippen molar-refractivity contribution in [1.29, 1.82) is 0 Å². The number of hydrogen-bond acceptors (Lipinski definition) is 2. The van der Waals surface area contributed by atoms with Crippen LogP contribution in [0.3, 0.4) is 0 Å². The molecule has 0 saturated carbocycles. The second-order valence-corrected chi connectivity index (χ2v) is 3.54. The van der Waals surface area contributed by atoms with E-state index in [1.165, 1.54) is 12.3 Å². The largest absolute Gasteiger partial charge is 0.320 e. The van der Waals surface area contributed by atoms with E-state index in [0.717, 1.165) is 24.4 Å². The summed E-state index contributed by atoms with van der Waals surface area (Å²) in [6.07, 6.45) is 2.32. The zero-order chi connectivity index (χ0) is 12.4. The molecule has 1 atom stereocenters. The third-order valence-electron chi connectivity index (χ3n) is 2.43. The van der Waals surface area contributed by atoms with Crippen LogP contribution in [0.5, 0.6) is 0 Å². The Morgan fingerprint density at radius 3 is 2.47 bits per heavy atom. The normalized spacial score (nSPS) is 12.5. The van der Waals surface area contributed by atoms with Gasteiger partial charge < -0.3 is 5.73 Å². The molecular formula is C12H9F3N2. The standard InChI is InChI=1S/C12H9F3N2/c13-7-1-2-10(14)9(5-7)12(16)8-3-4-17-6-11(8)15/h1-6,12H,16H2. The lowest BCUT2D eigenvalue weighted by molar-refractivity contribution is 0.560. The van der Waals surface area contributed by atoms with Gasteiger partial charge >= 0.3 is 0 Å². The monoisotopic (exact) mass is 238 g/mol. The first-order valence-corrected chi connectivity index (χ1v) is 4.89. The number of nitrogens with two attached hydrogens (primary N) is 1. The zero-order valence-corrected chi connectivity index (χ0v) is 8.70. The summed E-state index contributed by atoms with van der Waals surface area (Å²) >= 11 is 0. The summed E-state index contributed by atoms with van der Waals surface area (Å²) < 4.78 is 39.8. The Balaban J connectivity index is 2.47. The molecule has 88 valence electrons. The van der Waals surface area contributed by atoms with E-state index >= 15 is 0 Å². The van der Waals surface area contributed by atoms with Crippen LogP contribution in [0, 0.1) is 17.5 Å². The molecule has 2 N–H and O–H groups in total. The highest BCUT2D eigenvalue weighted by Crippen LogP contribution is 2.24. The fraction of sp³-hybridized carbons (Fsp3) is 0.0833. The van der Waals surface area contributed by atoms with Crippen LogP contribution in [-0.2, 0) is 0 Å². The lowest BCUT2D eigenvalue weighted by Gasteiger charge is -2.13. The molecule has 1 aromatic heterocycles. The van der Waals surface area contributed by atoms with E-state index in [4.69, 9.17) is 5.73 Å². The summed E-state index contributed by atoms with van der Waals surface area (Å²) in [5.74, 6) is -1.94. The molecule has 1 heterocycles. The third-order valence-corrected chi connectivity index (χ3v) is 2.43. The summed E-state index contributed by atoms with van der Waals surface area (Å²) in [4.78, 5) is 3.56. The summed E-state index contributed by atoms with van der Waals surface area (Å²) in [6, 6.07) is 3.18. The molecule has 0 aliphatic rings. The minimum atomic E-state index is -1.06. The van der Waals surface area contributed by atoms with E-state index in [0.29, 0.717) is 0 Å². The van der Waals surface area contributed by atoms with Crippen LogP contribution >= 0.6 is 0 Å². The van der Waals surface area contributed by atoms with Gasteiger partial charge in [-0.15, -0.1) is 0 Å². The van der Waals surface area contributed by atoms with E-state index < -0.39 is 23.5 Å². The number of benzene rings is 1. The quantitative estimate of drug-likeness (QED) is 0.873. The Bertz CT molecular complexity index is 543. The summed E-state index contributed by atoms with van der Waals surface area (Å²) in [5.41, 5.74) is 5.70. The summed E-state index contributed by atoms with van der Waals surface area (Å²) in [7, 11) is 0. The van der Waals surface area contributed by atoms with Crippen molar-refractivity contribution >= 4 is 0 Å². The minimum absolute atomic E-state index is 0.0736. The minimum Gasteiger partial charge on any atom is -0.320 e. The topological polar surface area (TPSA) is 38.9 Å². The van der Waals surface area contributed by atoms with Crippen molar-refractivity contribution in [2.45, 2.75) is 6.04 Å². The smallest absolute Gasteiger partial charge is 0.146 e. The van der Waals surface area contributed by atoms with Crippen LogP contribution in [0.25, 0.3) is 0 Å². The molecule has 0 radical (unpaired) electrons. The molecule has 5 heteroatoms. The molecule has 1 aromatic carbocycles. The van der Waals surface area contributed by atoms with E-state index in [-0.39, 0.29) is 11.1 Å². The maximum absolute atomic E-state index is 13.5. The molecule has 0 aliphatic heterocycles. The molecule has 1 unspecified atom stereocenters. The van der Waals surface area contributed by atoms with Crippen molar-refractivity contribution < 1.29 is 13.2 Å². The molecule has 0 fully saturated rings. The van der Waals surface area contributed by atoms with Crippen molar-refractivity contribution in [3.63, 3.8) is 0 Å². The second-order valence-electron chi connectivity index (χ2n) is 3.54. The number of nitrogens with zero attached hydrogens (tertiary/aromatic N) is 1. The van der Waals surface area contributed by atoms with Crippen LogP contribution in [0.15, 0.2) is 36.7 Å². The van der Waals surface area contributed by atoms with Gasteiger partial charge in [0.25, 0.3) is 0 Å². The maximum atomic E-state index is 13.5. The first-order valence-electron chi connectivity index (χ1n) is 4.89. The van der Waals surface area contributed by atoms with Crippen molar-refractivity contribution in [2.24, 2.45) is 5.73 Å². The van der Waals surface area contributed by atoms with Crippen molar-refractivity contribution in [2.75, 3.05) is 0 Å². The van der Waals surface area contributed by atoms with Gasteiger partial charge in [-0.2, -0.15) is 0 Å². The molecular weight excluding hydrogens is 229 g/mol. The van der Waals surface area contributed by atoms with Crippen LogP contribution in [0.4, 0.5) is 13.2 Å². The predicted octanol–water partition coefficient (Wildman–Crippen LogP) is 2.55.